The summed E-state index contributed by atoms with van der Waals surface area (Å²) in [6.45, 7) is 2.31. The predicted molar refractivity (Wildman–Crippen MR) is 119 cm³/mol. The SMILES string of the molecule is CCS(=O)(=O)c1cccc(C(=O)N=c2sc3cc(S(C)(=O)=O)ccc3n2CCOC)c1. The molecule has 0 spiro atoms. The monoisotopic (exact) mass is 482 g/mol. The van der Waals surface area contributed by atoms with E-state index in [1.54, 1.807) is 23.8 Å². The van der Waals surface area contributed by atoms with Gasteiger partial charge in [0.05, 0.1) is 32.4 Å². The Bertz CT molecular complexity index is 1420. The molecular formula is C20H22N2O6S3. The van der Waals surface area contributed by atoms with Gasteiger partial charge in [0, 0.05) is 25.5 Å². The van der Waals surface area contributed by atoms with Gasteiger partial charge in [-0.1, -0.05) is 24.3 Å². The molecule has 3 rings (SSSR count). The number of thiazole rings is 1. The molecular weight excluding hydrogens is 460 g/mol. The Morgan fingerprint density at radius 3 is 2.48 bits per heavy atom. The third-order valence-corrected chi connectivity index (χ3v) is 8.50. The van der Waals surface area contributed by atoms with E-state index in [0.29, 0.717) is 22.7 Å². The molecule has 1 aromatic heterocycles. The minimum absolute atomic E-state index is 0.0671. The van der Waals surface area contributed by atoms with E-state index in [4.69, 9.17) is 4.74 Å². The van der Waals surface area contributed by atoms with E-state index in [0.717, 1.165) is 11.8 Å². The van der Waals surface area contributed by atoms with Gasteiger partial charge in [0.25, 0.3) is 5.91 Å². The van der Waals surface area contributed by atoms with Gasteiger partial charge < -0.3 is 9.30 Å². The highest BCUT2D eigenvalue weighted by atomic mass is 32.2. The number of methoxy groups -OCH3 is 1. The summed E-state index contributed by atoms with van der Waals surface area (Å²) in [4.78, 5) is 17.6. The summed E-state index contributed by atoms with van der Waals surface area (Å²) in [5.41, 5.74) is 0.880. The summed E-state index contributed by atoms with van der Waals surface area (Å²) in [5.74, 6) is -0.660. The number of carbonyl (C=O) groups is 1. The van der Waals surface area contributed by atoms with E-state index in [2.05, 4.69) is 4.99 Å². The van der Waals surface area contributed by atoms with Crippen LogP contribution in [-0.2, 0) is 31.0 Å². The first-order valence-electron chi connectivity index (χ1n) is 9.31. The van der Waals surface area contributed by atoms with Crippen molar-refractivity contribution in [2.45, 2.75) is 23.3 Å². The number of nitrogens with zero attached hydrogens (tertiary/aromatic N) is 2. The number of hydrogen-bond acceptors (Lipinski definition) is 7. The minimum atomic E-state index is -3.46. The Kier molecular flexibility index (Phi) is 6.79. The molecule has 0 saturated heterocycles. The van der Waals surface area contributed by atoms with Crippen LogP contribution in [0.3, 0.4) is 0 Å². The van der Waals surface area contributed by atoms with Gasteiger partial charge in [0.15, 0.2) is 24.5 Å². The molecule has 8 nitrogen and oxygen atoms in total. The lowest BCUT2D eigenvalue weighted by Gasteiger charge is -2.05. The van der Waals surface area contributed by atoms with Crippen molar-refractivity contribution in [1.29, 1.82) is 0 Å². The average molecular weight is 483 g/mol. The summed E-state index contributed by atoms with van der Waals surface area (Å²) in [7, 11) is -5.29. The molecule has 0 saturated carbocycles. The third kappa shape index (κ3) is 5.12. The zero-order chi connectivity index (χ0) is 22.8. The normalized spacial score (nSPS) is 13.1. The van der Waals surface area contributed by atoms with Crippen molar-refractivity contribution in [2.24, 2.45) is 4.99 Å². The number of rotatable bonds is 7. The van der Waals surface area contributed by atoms with Crippen molar-refractivity contribution in [3.8, 4) is 0 Å². The van der Waals surface area contributed by atoms with E-state index >= 15 is 0 Å². The number of benzene rings is 2. The second kappa shape index (κ2) is 9.03. The lowest BCUT2D eigenvalue weighted by Crippen LogP contribution is -2.19. The highest BCUT2D eigenvalue weighted by Crippen LogP contribution is 2.22. The van der Waals surface area contributed by atoms with Crippen molar-refractivity contribution < 1.29 is 26.4 Å². The van der Waals surface area contributed by atoms with Crippen molar-refractivity contribution in [2.75, 3.05) is 25.7 Å². The average Bonchev–Trinajstić information content (AvgIpc) is 3.07. The van der Waals surface area contributed by atoms with Crippen LogP contribution in [0.15, 0.2) is 57.2 Å². The lowest BCUT2D eigenvalue weighted by atomic mass is 10.2. The summed E-state index contributed by atoms with van der Waals surface area (Å²) in [6.07, 6.45) is 1.13. The number of amides is 1. The van der Waals surface area contributed by atoms with Crippen LogP contribution in [0.4, 0.5) is 0 Å². The van der Waals surface area contributed by atoms with Crippen LogP contribution in [0, 0.1) is 0 Å². The molecule has 31 heavy (non-hydrogen) atoms. The Hall–Kier alpha value is -2.34. The second-order valence-electron chi connectivity index (χ2n) is 6.78. The van der Waals surface area contributed by atoms with Gasteiger partial charge in [-0.2, -0.15) is 4.99 Å². The van der Waals surface area contributed by atoms with E-state index in [1.165, 1.54) is 48.6 Å². The van der Waals surface area contributed by atoms with Crippen LogP contribution in [0.2, 0.25) is 0 Å². The summed E-state index contributed by atoms with van der Waals surface area (Å²) < 4.78 is 55.6. The number of ether oxygens (including phenoxy) is 1. The van der Waals surface area contributed by atoms with Crippen LogP contribution in [0.1, 0.15) is 17.3 Å². The fourth-order valence-electron chi connectivity index (χ4n) is 2.91. The number of hydrogen-bond donors (Lipinski definition) is 0. The molecule has 11 heteroatoms. The molecule has 1 amide bonds. The molecule has 0 unspecified atom stereocenters. The first kappa shape index (κ1) is 23.3. The van der Waals surface area contributed by atoms with Gasteiger partial charge >= 0.3 is 0 Å². The smallest absolute Gasteiger partial charge is 0.279 e. The van der Waals surface area contributed by atoms with Crippen LogP contribution in [-0.4, -0.2) is 53.0 Å². The first-order valence-corrected chi connectivity index (χ1v) is 13.7. The molecule has 0 aliphatic rings. The van der Waals surface area contributed by atoms with Gasteiger partial charge in [0.2, 0.25) is 0 Å². The largest absolute Gasteiger partial charge is 0.383 e. The van der Waals surface area contributed by atoms with Gasteiger partial charge in [-0.15, -0.1) is 0 Å². The number of sulfone groups is 2. The molecule has 0 radical (unpaired) electrons. The molecule has 0 aliphatic carbocycles. The highest BCUT2D eigenvalue weighted by Gasteiger charge is 2.16. The molecule has 0 atom stereocenters. The Morgan fingerprint density at radius 2 is 1.84 bits per heavy atom. The van der Waals surface area contributed by atoms with Crippen LogP contribution in [0.5, 0.6) is 0 Å². The number of carbonyl (C=O) groups excluding carboxylic acids is 1. The van der Waals surface area contributed by atoms with E-state index in [9.17, 15) is 21.6 Å². The standard InChI is InChI=1S/C20H22N2O6S3/c1-4-31(26,27)16-7-5-6-14(12-16)19(23)21-20-22(10-11-28-2)17-9-8-15(30(3,24)25)13-18(17)29-20/h5-9,12-13H,4,10-11H2,1-3H3. The molecule has 0 aliphatic heterocycles. The fraction of sp³-hybridized carbons (Fsp3) is 0.300. The molecule has 3 aromatic rings. The van der Waals surface area contributed by atoms with Crippen LogP contribution >= 0.6 is 11.3 Å². The fourth-order valence-corrected chi connectivity index (χ4v) is 5.65. The van der Waals surface area contributed by atoms with E-state index < -0.39 is 25.6 Å². The van der Waals surface area contributed by atoms with Crippen molar-refractivity contribution >= 4 is 47.1 Å². The minimum Gasteiger partial charge on any atom is -0.383 e. The van der Waals surface area contributed by atoms with E-state index in [-0.39, 0.29) is 21.1 Å². The topological polar surface area (TPSA) is 112 Å². The van der Waals surface area contributed by atoms with Gasteiger partial charge in [-0.05, 0) is 36.4 Å². The quantitative estimate of drug-likeness (QED) is 0.511. The van der Waals surface area contributed by atoms with Gasteiger partial charge in [0.1, 0.15) is 0 Å². The predicted octanol–water partition coefficient (Wildman–Crippen LogP) is 2.29. The van der Waals surface area contributed by atoms with Crippen LogP contribution in [0.25, 0.3) is 10.2 Å². The maximum absolute atomic E-state index is 12.8. The number of fused-ring (bicyclic) bond motifs is 1. The molecule has 2 aromatic carbocycles. The van der Waals surface area contributed by atoms with Crippen molar-refractivity contribution in [1.82, 2.24) is 4.57 Å². The van der Waals surface area contributed by atoms with Crippen LogP contribution < -0.4 is 4.80 Å². The summed E-state index contributed by atoms with van der Waals surface area (Å²) >= 11 is 1.18. The molecule has 0 N–H and O–H groups in total. The van der Waals surface area contributed by atoms with Gasteiger partial charge in [-0.3, -0.25) is 4.79 Å². The lowest BCUT2D eigenvalue weighted by molar-refractivity contribution is 0.0997. The number of aromatic nitrogens is 1. The maximum atomic E-state index is 12.8. The first-order chi connectivity index (χ1) is 14.6. The molecule has 1 heterocycles. The molecule has 0 fully saturated rings. The molecule has 0 bridgehead atoms. The van der Waals surface area contributed by atoms with E-state index in [1.807, 2.05) is 0 Å². The molecule has 166 valence electrons. The van der Waals surface area contributed by atoms with Gasteiger partial charge in [-0.25, -0.2) is 16.8 Å². The highest BCUT2D eigenvalue weighted by molar-refractivity contribution is 7.91. The second-order valence-corrected chi connectivity index (χ2v) is 12.1. The summed E-state index contributed by atoms with van der Waals surface area (Å²) in [5, 5.41) is 0. The Morgan fingerprint density at radius 1 is 1.10 bits per heavy atom. The zero-order valence-corrected chi connectivity index (χ0v) is 19.7. The van der Waals surface area contributed by atoms with Crippen molar-refractivity contribution in [3.05, 3.63) is 52.8 Å². The Balaban J connectivity index is 2.14. The maximum Gasteiger partial charge on any atom is 0.279 e. The zero-order valence-electron chi connectivity index (χ0n) is 17.2. The summed E-state index contributed by atoms with van der Waals surface area (Å²) in [6, 6.07) is 10.5. The Labute approximate surface area is 184 Å². The third-order valence-electron chi connectivity index (χ3n) is 4.62. The van der Waals surface area contributed by atoms with Crippen molar-refractivity contribution in [3.63, 3.8) is 0 Å².